The zero-order valence-electron chi connectivity index (χ0n) is 12.0. The number of hydrogen-bond acceptors (Lipinski definition) is 6. The Morgan fingerprint density at radius 1 is 1.35 bits per heavy atom. The molecule has 2 heterocycles. The lowest BCUT2D eigenvalue weighted by Crippen LogP contribution is -2.16. The summed E-state index contributed by atoms with van der Waals surface area (Å²) in [4.78, 5) is 8.20. The van der Waals surface area contributed by atoms with E-state index in [9.17, 15) is 13.9 Å². The van der Waals surface area contributed by atoms with Crippen LogP contribution in [0.4, 0.5) is 14.6 Å². The third-order valence-electron chi connectivity index (χ3n) is 2.95. The average molecular weight is 321 g/mol. The van der Waals surface area contributed by atoms with E-state index < -0.39 is 17.7 Å². The molecule has 0 bridgehead atoms. The van der Waals surface area contributed by atoms with E-state index in [-0.39, 0.29) is 18.3 Å². The molecule has 0 spiro atoms. The van der Waals surface area contributed by atoms with Gasteiger partial charge < -0.3 is 15.2 Å². The van der Waals surface area contributed by atoms with Gasteiger partial charge in [-0.05, 0) is 19.1 Å². The molecular weight excluding hydrogens is 308 g/mol. The fraction of sp³-hybridized carbons (Fsp3) is 0.214. The maximum absolute atomic E-state index is 13.7. The van der Waals surface area contributed by atoms with Crippen molar-refractivity contribution in [3.8, 4) is 11.8 Å². The first-order valence-corrected chi connectivity index (χ1v) is 6.79. The predicted molar refractivity (Wildman–Crippen MR) is 78.3 cm³/mol. The number of hydrogen-bond donors (Lipinski definition) is 3. The van der Waals surface area contributed by atoms with E-state index in [1.54, 1.807) is 6.92 Å². The van der Waals surface area contributed by atoms with Crippen molar-refractivity contribution in [3.63, 3.8) is 0 Å². The number of halogens is 2. The second-order valence-electron chi connectivity index (χ2n) is 4.89. The monoisotopic (exact) mass is 321 g/mol. The van der Waals surface area contributed by atoms with Gasteiger partial charge in [-0.1, -0.05) is 0 Å². The molecule has 2 aromatic heterocycles. The summed E-state index contributed by atoms with van der Waals surface area (Å²) >= 11 is 0. The Hall–Kier alpha value is -2.81. The molecule has 0 aliphatic carbocycles. The molecule has 3 rings (SSSR count). The van der Waals surface area contributed by atoms with Crippen molar-refractivity contribution in [2.45, 2.75) is 13.0 Å². The summed E-state index contributed by atoms with van der Waals surface area (Å²) < 4.78 is 31.8. The van der Waals surface area contributed by atoms with Gasteiger partial charge in [-0.15, -0.1) is 0 Å². The highest BCUT2D eigenvalue weighted by Crippen LogP contribution is 2.26. The number of aromatic amines is 1. The number of aromatic nitrogens is 4. The minimum absolute atomic E-state index is 0.139. The maximum Gasteiger partial charge on any atom is 0.326 e. The Morgan fingerprint density at radius 2 is 2.17 bits per heavy atom. The van der Waals surface area contributed by atoms with Crippen molar-refractivity contribution in [1.82, 2.24) is 20.2 Å². The highest BCUT2D eigenvalue weighted by Gasteiger charge is 2.13. The summed E-state index contributed by atoms with van der Waals surface area (Å²) in [7, 11) is 0. The molecule has 1 atom stereocenters. The molecule has 9 heteroatoms. The summed E-state index contributed by atoms with van der Waals surface area (Å²) in [5.74, 6) is -1.40. The van der Waals surface area contributed by atoms with Crippen LogP contribution in [-0.2, 0) is 0 Å². The van der Waals surface area contributed by atoms with Gasteiger partial charge in [-0.3, -0.25) is 5.10 Å². The fourth-order valence-electron chi connectivity index (χ4n) is 1.90. The van der Waals surface area contributed by atoms with E-state index in [0.717, 1.165) is 12.1 Å². The van der Waals surface area contributed by atoms with Crippen LogP contribution in [0.25, 0.3) is 11.0 Å². The van der Waals surface area contributed by atoms with Crippen molar-refractivity contribution in [2.24, 2.45) is 0 Å². The molecule has 7 nitrogen and oxygen atoms in total. The highest BCUT2D eigenvalue weighted by atomic mass is 19.1. The molecule has 0 saturated heterocycles. The van der Waals surface area contributed by atoms with Crippen LogP contribution in [0.5, 0.6) is 11.8 Å². The first-order chi connectivity index (χ1) is 11.0. The van der Waals surface area contributed by atoms with Crippen LogP contribution in [0.2, 0.25) is 0 Å². The SMILES string of the molecule is CC(O)CNc1nc(Oc2ccc(F)cc2F)nc2[nH]ncc12. The van der Waals surface area contributed by atoms with Gasteiger partial charge in [0.1, 0.15) is 11.6 Å². The number of anilines is 1. The van der Waals surface area contributed by atoms with Gasteiger partial charge in [0.25, 0.3) is 0 Å². The summed E-state index contributed by atoms with van der Waals surface area (Å²) in [6, 6.07) is 2.78. The fourth-order valence-corrected chi connectivity index (χ4v) is 1.90. The normalized spacial score (nSPS) is 12.3. The number of rotatable bonds is 5. The molecule has 23 heavy (non-hydrogen) atoms. The van der Waals surface area contributed by atoms with Crippen molar-refractivity contribution >= 4 is 16.9 Å². The molecule has 0 aliphatic rings. The quantitative estimate of drug-likeness (QED) is 0.667. The first-order valence-electron chi connectivity index (χ1n) is 6.79. The molecular formula is C14H13F2N5O2. The van der Waals surface area contributed by atoms with Crippen molar-refractivity contribution in [3.05, 3.63) is 36.0 Å². The number of aliphatic hydroxyl groups is 1. The van der Waals surface area contributed by atoms with E-state index in [2.05, 4.69) is 25.5 Å². The Kier molecular flexibility index (Phi) is 4.02. The number of H-pyrrole nitrogens is 1. The molecule has 0 amide bonds. The lowest BCUT2D eigenvalue weighted by atomic mass is 10.3. The summed E-state index contributed by atoms with van der Waals surface area (Å²) in [5, 5.41) is 19.4. The topological polar surface area (TPSA) is 96.0 Å². The van der Waals surface area contributed by atoms with Gasteiger partial charge in [-0.2, -0.15) is 15.1 Å². The van der Waals surface area contributed by atoms with E-state index in [0.29, 0.717) is 22.9 Å². The van der Waals surface area contributed by atoms with Crippen LogP contribution in [0.1, 0.15) is 6.92 Å². The summed E-state index contributed by atoms with van der Waals surface area (Å²) in [6.45, 7) is 1.87. The third kappa shape index (κ3) is 3.34. The van der Waals surface area contributed by atoms with Crippen LogP contribution in [0.3, 0.4) is 0 Å². The molecule has 0 fully saturated rings. The Bertz CT molecular complexity index is 837. The second-order valence-corrected chi connectivity index (χ2v) is 4.89. The average Bonchev–Trinajstić information content (AvgIpc) is 2.96. The lowest BCUT2D eigenvalue weighted by molar-refractivity contribution is 0.208. The standard InChI is InChI=1S/C14H13F2N5O2/c1-7(22)5-17-12-9-6-18-21-13(9)20-14(19-12)23-11-3-2-8(15)4-10(11)16/h2-4,6-7,22H,5H2,1H3,(H2,17,18,19,20,21). The van der Waals surface area contributed by atoms with Crippen LogP contribution >= 0.6 is 0 Å². The third-order valence-corrected chi connectivity index (χ3v) is 2.95. The van der Waals surface area contributed by atoms with Gasteiger partial charge in [0.15, 0.2) is 17.2 Å². The zero-order valence-corrected chi connectivity index (χ0v) is 12.0. The smallest absolute Gasteiger partial charge is 0.326 e. The van der Waals surface area contributed by atoms with E-state index in [1.807, 2.05) is 0 Å². The van der Waals surface area contributed by atoms with E-state index in [1.165, 1.54) is 6.20 Å². The number of nitrogens with one attached hydrogen (secondary N) is 2. The maximum atomic E-state index is 13.7. The molecule has 0 aliphatic heterocycles. The van der Waals surface area contributed by atoms with Crippen LogP contribution in [0.15, 0.2) is 24.4 Å². The Labute approximate surface area is 129 Å². The van der Waals surface area contributed by atoms with Crippen molar-refractivity contribution in [2.75, 3.05) is 11.9 Å². The second kappa shape index (κ2) is 6.13. The van der Waals surface area contributed by atoms with Gasteiger partial charge >= 0.3 is 6.01 Å². The van der Waals surface area contributed by atoms with Crippen LogP contribution in [-0.4, -0.2) is 37.9 Å². The molecule has 120 valence electrons. The number of benzene rings is 1. The highest BCUT2D eigenvalue weighted by molar-refractivity contribution is 5.86. The lowest BCUT2D eigenvalue weighted by Gasteiger charge is -2.10. The molecule has 3 aromatic rings. The molecule has 0 radical (unpaired) electrons. The minimum atomic E-state index is -0.864. The van der Waals surface area contributed by atoms with Crippen molar-refractivity contribution in [1.29, 1.82) is 0 Å². The largest absolute Gasteiger partial charge is 0.421 e. The van der Waals surface area contributed by atoms with Crippen molar-refractivity contribution < 1.29 is 18.6 Å². The van der Waals surface area contributed by atoms with Gasteiger partial charge in [0.05, 0.1) is 17.7 Å². The molecule has 1 unspecified atom stereocenters. The predicted octanol–water partition coefficient (Wildman–Crippen LogP) is 2.22. The Morgan fingerprint density at radius 3 is 2.91 bits per heavy atom. The minimum Gasteiger partial charge on any atom is -0.421 e. The Balaban J connectivity index is 1.94. The first kappa shape index (κ1) is 15.1. The van der Waals surface area contributed by atoms with Gasteiger partial charge in [-0.25, -0.2) is 8.78 Å². The van der Waals surface area contributed by atoms with Gasteiger partial charge in [0, 0.05) is 12.6 Å². The molecule has 3 N–H and O–H groups in total. The van der Waals surface area contributed by atoms with Crippen LogP contribution in [0, 0.1) is 11.6 Å². The molecule has 0 saturated carbocycles. The van der Waals surface area contributed by atoms with Crippen LogP contribution < -0.4 is 10.1 Å². The number of ether oxygens (including phenoxy) is 1. The van der Waals surface area contributed by atoms with E-state index in [4.69, 9.17) is 4.74 Å². The number of aliphatic hydroxyl groups excluding tert-OH is 1. The van der Waals surface area contributed by atoms with Gasteiger partial charge in [0.2, 0.25) is 0 Å². The summed E-state index contributed by atoms with van der Waals surface area (Å²) in [6.07, 6.45) is 0.924. The zero-order chi connectivity index (χ0) is 16.4. The summed E-state index contributed by atoms with van der Waals surface area (Å²) in [5.41, 5.74) is 0.380. The number of nitrogens with zero attached hydrogens (tertiary/aromatic N) is 3. The molecule has 1 aromatic carbocycles. The van der Waals surface area contributed by atoms with E-state index >= 15 is 0 Å². The number of fused-ring (bicyclic) bond motifs is 1.